The summed E-state index contributed by atoms with van der Waals surface area (Å²) in [6.07, 6.45) is 2.32. The van der Waals surface area contributed by atoms with Gasteiger partial charge in [-0.25, -0.2) is 17.2 Å². The quantitative estimate of drug-likeness (QED) is 0.270. The fraction of sp³-hybridized carbons (Fsp3) is 0.172. The Morgan fingerprint density at radius 2 is 1.68 bits per heavy atom. The molecule has 208 valence electrons. The molecule has 1 heterocycles. The highest BCUT2D eigenvalue weighted by Crippen LogP contribution is 2.36. The minimum Gasteiger partial charge on any atom is -0.508 e. The molecule has 0 aliphatic heterocycles. The average Bonchev–Trinajstić information content (AvgIpc) is 3.22. The number of ketones is 1. The van der Waals surface area contributed by atoms with Gasteiger partial charge in [-0.1, -0.05) is 23.7 Å². The Labute approximate surface area is 235 Å². The number of carbonyl (C=O) groups is 2. The van der Waals surface area contributed by atoms with Crippen LogP contribution < -0.4 is 5.32 Å². The zero-order valence-corrected chi connectivity index (χ0v) is 23.3. The summed E-state index contributed by atoms with van der Waals surface area (Å²) in [7, 11) is -2.12. The number of carbonyl (C=O) groups excluding carboxylic acids is 2. The number of nitrogens with zero attached hydrogens (tertiary/aromatic N) is 1. The van der Waals surface area contributed by atoms with Gasteiger partial charge in [-0.2, -0.15) is 0 Å². The lowest BCUT2D eigenvalue weighted by atomic mass is 9.93. The monoisotopic (exact) mass is 586 g/mol. The number of phenolic OH excluding ortho intramolecular Hbond substituents is 1. The van der Waals surface area contributed by atoms with E-state index in [1.165, 1.54) is 55.1 Å². The average molecular weight is 587 g/mol. The smallest absolute Gasteiger partial charge is 0.253 e. The molecule has 0 saturated carbocycles. The molecule has 0 bridgehead atoms. The fourth-order valence-corrected chi connectivity index (χ4v) is 5.60. The predicted molar refractivity (Wildman–Crippen MR) is 148 cm³/mol. The molecular weight excluding hydrogens is 562 g/mol. The zero-order chi connectivity index (χ0) is 29.4. The van der Waals surface area contributed by atoms with Crippen LogP contribution in [-0.2, 0) is 16.9 Å². The molecule has 0 aliphatic carbocycles. The molecule has 2 N–H and O–H groups in total. The molecule has 0 saturated heterocycles. The fourth-order valence-electron chi connectivity index (χ4n) is 4.52. The van der Waals surface area contributed by atoms with E-state index in [1.807, 2.05) is 0 Å². The largest absolute Gasteiger partial charge is 0.508 e. The minimum atomic E-state index is -3.60. The molecule has 0 unspecified atom stereocenters. The molecule has 11 heteroatoms. The first-order valence-electron chi connectivity index (χ1n) is 12.0. The van der Waals surface area contributed by atoms with Gasteiger partial charge in [0.2, 0.25) is 5.78 Å². The lowest BCUT2D eigenvalue weighted by molar-refractivity contribution is 0.0940. The number of sulfone groups is 1. The van der Waals surface area contributed by atoms with Crippen molar-refractivity contribution in [3.05, 3.63) is 111 Å². The van der Waals surface area contributed by atoms with Crippen molar-refractivity contribution in [1.29, 1.82) is 0 Å². The molecule has 0 fully saturated rings. The highest BCUT2D eigenvalue weighted by Gasteiger charge is 2.31. The summed E-state index contributed by atoms with van der Waals surface area (Å²) in [5.41, 5.74) is -0.286. The number of nitrogens with one attached hydrogen (secondary N) is 1. The van der Waals surface area contributed by atoms with Crippen LogP contribution in [0.4, 0.5) is 8.78 Å². The van der Waals surface area contributed by atoms with E-state index in [-0.39, 0.29) is 39.3 Å². The van der Waals surface area contributed by atoms with Crippen LogP contribution in [-0.4, -0.2) is 41.8 Å². The van der Waals surface area contributed by atoms with Gasteiger partial charge in [-0.05, 0) is 66.6 Å². The van der Waals surface area contributed by atoms with E-state index in [4.69, 9.17) is 11.6 Å². The maximum atomic E-state index is 15.3. The summed E-state index contributed by atoms with van der Waals surface area (Å²) in [5.74, 6) is -3.57. The second-order valence-electron chi connectivity index (χ2n) is 9.46. The van der Waals surface area contributed by atoms with Gasteiger partial charge in [0.15, 0.2) is 0 Å². The number of phenols is 1. The SMILES string of the molecule is Cc1c(F)ccc(F)c1-c1c(C(=O)N[C@@H](CS(C)(=O)=O)c2cccc(Cl)c2)cn(C)c1C(=O)c1ccc(O)cc1. The van der Waals surface area contributed by atoms with Crippen LogP contribution in [0.15, 0.2) is 66.9 Å². The minimum absolute atomic E-state index is 0.0753. The van der Waals surface area contributed by atoms with Gasteiger partial charge in [0.05, 0.1) is 23.1 Å². The van der Waals surface area contributed by atoms with Gasteiger partial charge in [-0.3, -0.25) is 9.59 Å². The third-order valence-electron chi connectivity index (χ3n) is 6.39. The van der Waals surface area contributed by atoms with Gasteiger partial charge in [0.1, 0.15) is 27.2 Å². The molecule has 7 nitrogen and oxygen atoms in total. The molecule has 4 rings (SSSR count). The number of aromatic nitrogens is 1. The molecule has 0 radical (unpaired) electrons. The third kappa shape index (κ3) is 6.08. The van der Waals surface area contributed by atoms with Crippen molar-refractivity contribution in [2.24, 2.45) is 7.05 Å². The molecule has 1 atom stereocenters. The Morgan fingerprint density at radius 1 is 1.02 bits per heavy atom. The van der Waals surface area contributed by atoms with Crippen LogP contribution in [0.3, 0.4) is 0 Å². The first-order chi connectivity index (χ1) is 18.8. The number of hydrogen-bond acceptors (Lipinski definition) is 5. The van der Waals surface area contributed by atoms with E-state index in [2.05, 4.69) is 5.32 Å². The van der Waals surface area contributed by atoms with Crippen LogP contribution in [0.2, 0.25) is 5.02 Å². The zero-order valence-electron chi connectivity index (χ0n) is 21.7. The van der Waals surface area contributed by atoms with Gasteiger partial charge in [0, 0.05) is 41.2 Å². The number of rotatable bonds is 8. The van der Waals surface area contributed by atoms with Gasteiger partial charge in [-0.15, -0.1) is 0 Å². The maximum Gasteiger partial charge on any atom is 0.253 e. The van der Waals surface area contributed by atoms with Crippen LogP contribution in [0, 0.1) is 18.6 Å². The lowest BCUT2D eigenvalue weighted by Gasteiger charge is -2.19. The molecule has 0 aliphatic rings. The van der Waals surface area contributed by atoms with Crippen molar-refractivity contribution in [3.8, 4) is 16.9 Å². The van der Waals surface area contributed by atoms with Crippen molar-refractivity contribution in [2.45, 2.75) is 13.0 Å². The number of amides is 1. The maximum absolute atomic E-state index is 15.3. The van der Waals surface area contributed by atoms with E-state index in [1.54, 1.807) is 18.2 Å². The van der Waals surface area contributed by atoms with Crippen molar-refractivity contribution in [3.63, 3.8) is 0 Å². The topological polar surface area (TPSA) is 105 Å². The van der Waals surface area contributed by atoms with Crippen LogP contribution in [0.5, 0.6) is 5.75 Å². The number of aryl methyl sites for hydroxylation is 1. The van der Waals surface area contributed by atoms with E-state index < -0.39 is 45.0 Å². The summed E-state index contributed by atoms with van der Waals surface area (Å²) in [4.78, 5) is 27.4. The van der Waals surface area contributed by atoms with Crippen LogP contribution in [0.1, 0.15) is 43.6 Å². The van der Waals surface area contributed by atoms with Crippen molar-refractivity contribution in [1.82, 2.24) is 9.88 Å². The highest BCUT2D eigenvalue weighted by molar-refractivity contribution is 7.90. The third-order valence-corrected chi connectivity index (χ3v) is 7.57. The van der Waals surface area contributed by atoms with E-state index in [0.29, 0.717) is 10.6 Å². The Kier molecular flexibility index (Phi) is 8.13. The summed E-state index contributed by atoms with van der Waals surface area (Å²) in [5, 5.41) is 12.6. The number of halogens is 3. The summed E-state index contributed by atoms with van der Waals surface area (Å²) < 4.78 is 55.8. The van der Waals surface area contributed by atoms with Gasteiger partial charge >= 0.3 is 0 Å². The summed E-state index contributed by atoms with van der Waals surface area (Å²) in [6.45, 7) is 1.33. The molecule has 4 aromatic rings. The van der Waals surface area contributed by atoms with Crippen LogP contribution in [0.25, 0.3) is 11.1 Å². The molecule has 40 heavy (non-hydrogen) atoms. The second kappa shape index (κ2) is 11.2. The predicted octanol–water partition coefficient (Wildman–Crippen LogP) is 5.38. The summed E-state index contributed by atoms with van der Waals surface area (Å²) in [6, 6.07) is 12.5. The molecule has 1 amide bonds. The molecule has 3 aromatic carbocycles. The number of hydrogen-bond donors (Lipinski definition) is 2. The highest BCUT2D eigenvalue weighted by atomic mass is 35.5. The number of aromatic hydroxyl groups is 1. The van der Waals surface area contributed by atoms with Gasteiger partial charge < -0.3 is 15.0 Å². The Balaban J connectivity index is 1.91. The second-order valence-corrected chi connectivity index (χ2v) is 12.1. The first-order valence-corrected chi connectivity index (χ1v) is 14.4. The Bertz CT molecular complexity index is 1730. The van der Waals surface area contributed by atoms with Crippen molar-refractivity contribution in [2.75, 3.05) is 12.0 Å². The van der Waals surface area contributed by atoms with Gasteiger partial charge in [0.25, 0.3) is 5.91 Å². The first kappa shape index (κ1) is 29.0. The Hall–Kier alpha value is -4.02. The number of benzene rings is 3. The van der Waals surface area contributed by atoms with Crippen molar-refractivity contribution >= 4 is 33.1 Å². The molecular formula is C29H25ClF2N2O5S. The van der Waals surface area contributed by atoms with E-state index in [9.17, 15) is 27.5 Å². The molecule has 0 spiro atoms. The van der Waals surface area contributed by atoms with E-state index in [0.717, 1.165) is 18.4 Å². The Morgan fingerprint density at radius 3 is 2.30 bits per heavy atom. The standard InChI is InChI=1S/C29H25ClF2N2O5S/c1-16-22(31)11-12-23(32)25(16)26-21(14-34(2)27(26)28(36)17-7-9-20(35)10-8-17)29(37)33-24(15-40(3,38)39)18-5-4-6-19(30)13-18/h4-14,24,35H,15H2,1-3H3,(H,33,37)/t24-/m0/s1. The van der Waals surface area contributed by atoms with E-state index >= 15 is 4.39 Å². The molecule has 1 aromatic heterocycles. The summed E-state index contributed by atoms with van der Waals surface area (Å²) >= 11 is 6.10. The van der Waals surface area contributed by atoms with Crippen LogP contribution >= 0.6 is 11.6 Å². The normalized spacial score (nSPS) is 12.2. The lowest BCUT2D eigenvalue weighted by Crippen LogP contribution is -2.33. The van der Waals surface area contributed by atoms with Crippen molar-refractivity contribution < 1.29 is 31.9 Å².